The van der Waals surface area contributed by atoms with E-state index in [2.05, 4.69) is 29.5 Å². The van der Waals surface area contributed by atoms with Crippen LogP contribution in [-0.4, -0.2) is 23.3 Å². The lowest BCUT2D eigenvalue weighted by molar-refractivity contribution is -0.111. The zero-order valence-corrected chi connectivity index (χ0v) is 15.5. The van der Waals surface area contributed by atoms with Gasteiger partial charge in [0.2, 0.25) is 11.7 Å². The maximum Gasteiger partial charge on any atom is 0.249 e. The molecule has 1 heterocycles. The number of benzene rings is 2. The summed E-state index contributed by atoms with van der Waals surface area (Å²) in [7, 11) is 1.61. The molecular formula is C21H21N3O3. The standard InChI is InChI=1S/C21H21N3O3/c1-14(2)16-7-9-17(10-8-16)20-21(24-27-23-20)22-19(25)13-6-15-4-11-18(26-3)12-5-15/h4-14H,1-3H3,(H,22,24,25). The largest absolute Gasteiger partial charge is 0.497 e. The van der Waals surface area contributed by atoms with Gasteiger partial charge in [-0.15, -0.1) is 0 Å². The number of methoxy groups -OCH3 is 1. The molecule has 6 heteroatoms. The van der Waals surface area contributed by atoms with E-state index in [1.807, 2.05) is 48.5 Å². The molecule has 0 spiro atoms. The lowest BCUT2D eigenvalue weighted by Gasteiger charge is -2.06. The van der Waals surface area contributed by atoms with E-state index in [-0.39, 0.29) is 11.7 Å². The fraction of sp³-hybridized carbons (Fsp3) is 0.190. The molecular weight excluding hydrogens is 342 g/mol. The number of hydrogen-bond acceptors (Lipinski definition) is 5. The van der Waals surface area contributed by atoms with E-state index < -0.39 is 0 Å². The SMILES string of the molecule is COc1ccc(C=CC(=O)Nc2nonc2-c2ccc(C(C)C)cc2)cc1. The van der Waals surface area contributed by atoms with Crippen molar-refractivity contribution in [3.05, 3.63) is 65.7 Å². The molecule has 3 aromatic rings. The Hall–Kier alpha value is -3.41. The van der Waals surface area contributed by atoms with Crippen molar-refractivity contribution < 1.29 is 14.2 Å². The highest BCUT2D eigenvalue weighted by Crippen LogP contribution is 2.26. The van der Waals surface area contributed by atoms with E-state index in [9.17, 15) is 4.79 Å². The van der Waals surface area contributed by atoms with Crippen molar-refractivity contribution in [1.82, 2.24) is 10.3 Å². The fourth-order valence-corrected chi connectivity index (χ4v) is 2.53. The minimum Gasteiger partial charge on any atom is -0.497 e. The molecule has 6 nitrogen and oxygen atoms in total. The Morgan fingerprint density at radius 1 is 1.07 bits per heavy atom. The van der Waals surface area contributed by atoms with Crippen molar-refractivity contribution in [2.24, 2.45) is 0 Å². The van der Waals surface area contributed by atoms with Crippen molar-refractivity contribution in [3.8, 4) is 17.0 Å². The fourth-order valence-electron chi connectivity index (χ4n) is 2.53. The third-order valence-electron chi connectivity index (χ3n) is 4.12. The number of nitrogens with zero attached hydrogens (tertiary/aromatic N) is 2. The molecule has 0 aliphatic rings. The van der Waals surface area contributed by atoms with Gasteiger partial charge in [-0.25, -0.2) is 4.63 Å². The van der Waals surface area contributed by atoms with Gasteiger partial charge < -0.3 is 10.1 Å². The second kappa shape index (κ2) is 8.31. The van der Waals surface area contributed by atoms with Crippen LogP contribution in [0.3, 0.4) is 0 Å². The minimum absolute atomic E-state index is 0.289. The quantitative estimate of drug-likeness (QED) is 0.652. The number of carbonyl (C=O) groups is 1. The molecule has 0 unspecified atom stereocenters. The Balaban J connectivity index is 1.70. The summed E-state index contributed by atoms with van der Waals surface area (Å²) < 4.78 is 9.93. The van der Waals surface area contributed by atoms with Crippen LogP contribution >= 0.6 is 0 Å². The first-order chi connectivity index (χ1) is 13.1. The second-order valence-electron chi connectivity index (χ2n) is 6.33. The van der Waals surface area contributed by atoms with Crippen LogP contribution in [0.15, 0.2) is 59.2 Å². The van der Waals surface area contributed by atoms with Crippen LogP contribution in [-0.2, 0) is 4.79 Å². The third-order valence-corrected chi connectivity index (χ3v) is 4.12. The highest BCUT2D eigenvalue weighted by molar-refractivity contribution is 6.02. The van der Waals surface area contributed by atoms with E-state index in [0.29, 0.717) is 11.6 Å². The van der Waals surface area contributed by atoms with Crippen LogP contribution in [0, 0.1) is 0 Å². The van der Waals surface area contributed by atoms with Crippen LogP contribution < -0.4 is 10.1 Å². The Morgan fingerprint density at radius 2 is 1.78 bits per heavy atom. The Morgan fingerprint density at radius 3 is 2.41 bits per heavy atom. The van der Waals surface area contributed by atoms with Gasteiger partial charge in [-0.2, -0.15) is 0 Å². The number of nitrogens with one attached hydrogen (secondary N) is 1. The first-order valence-electron chi connectivity index (χ1n) is 8.63. The van der Waals surface area contributed by atoms with Gasteiger partial charge in [0.05, 0.1) is 7.11 Å². The minimum atomic E-state index is -0.318. The highest BCUT2D eigenvalue weighted by Gasteiger charge is 2.14. The summed E-state index contributed by atoms with van der Waals surface area (Å²) in [6.45, 7) is 4.26. The molecule has 0 radical (unpaired) electrons. The number of rotatable bonds is 6. The molecule has 0 saturated heterocycles. The van der Waals surface area contributed by atoms with Gasteiger partial charge in [-0.05, 0) is 45.6 Å². The molecule has 3 rings (SSSR count). The van der Waals surface area contributed by atoms with Crippen LogP contribution in [0.2, 0.25) is 0 Å². The lowest BCUT2D eigenvalue weighted by Crippen LogP contribution is -2.09. The molecule has 0 saturated carbocycles. The zero-order chi connectivity index (χ0) is 19.2. The number of anilines is 1. The van der Waals surface area contributed by atoms with Crippen LogP contribution in [0.4, 0.5) is 5.82 Å². The van der Waals surface area contributed by atoms with Gasteiger partial charge in [0.25, 0.3) is 0 Å². The summed E-state index contributed by atoms with van der Waals surface area (Å²) in [6.07, 6.45) is 3.14. The van der Waals surface area contributed by atoms with E-state index >= 15 is 0 Å². The van der Waals surface area contributed by atoms with Crippen molar-refractivity contribution in [2.45, 2.75) is 19.8 Å². The van der Waals surface area contributed by atoms with Crippen molar-refractivity contribution in [1.29, 1.82) is 0 Å². The molecule has 1 amide bonds. The number of hydrogen-bond donors (Lipinski definition) is 1. The van der Waals surface area contributed by atoms with Gasteiger partial charge in [-0.1, -0.05) is 50.2 Å². The Bertz CT molecular complexity index is 926. The molecule has 1 N–H and O–H groups in total. The number of ether oxygens (including phenoxy) is 1. The smallest absolute Gasteiger partial charge is 0.249 e. The summed E-state index contributed by atoms with van der Waals surface area (Å²) in [5.41, 5.74) is 3.43. The van der Waals surface area contributed by atoms with Crippen LogP contribution in [0.25, 0.3) is 17.3 Å². The molecule has 0 bridgehead atoms. The third kappa shape index (κ3) is 4.61. The molecule has 1 aromatic heterocycles. The Kier molecular flexibility index (Phi) is 5.66. The molecule has 138 valence electrons. The van der Waals surface area contributed by atoms with Gasteiger partial charge in [0.15, 0.2) is 5.69 Å². The summed E-state index contributed by atoms with van der Waals surface area (Å²) in [4.78, 5) is 12.2. The molecule has 0 aliphatic heterocycles. The average Bonchev–Trinajstić information content (AvgIpc) is 3.15. The average molecular weight is 363 g/mol. The summed E-state index contributed by atoms with van der Waals surface area (Å²) in [5.74, 6) is 1.17. The van der Waals surface area contributed by atoms with E-state index in [1.165, 1.54) is 11.6 Å². The summed E-state index contributed by atoms with van der Waals surface area (Å²) in [6, 6.07) is 15.3. The summed E-state index contributed by atoms with van der Waals surface area (Å²) >= 11 is 0. The first-order valence-corrected chi connectivity index (χ1v) is 8.63. The maximum absolute atomic E-state index is 12.2. The maximum atomic E-state index is 12.2. The van der Waals surface area contributed by atoms with Crippen molar-refractivity contribution >= 4 is 17.8 Å². The van der Waals surface area contributed by atoms with Gasteiger partial charge in [-0.3, -0.25) is 4.79 Å². The predicted molar refractivity (Wildman–Crippen MR) is 104 cm³/mol. The topological polar surface area (TPSA) is 77.2 Å². The van der Waals surface area contributed by atoms with Crippen LogP contribution in [0.5, 0.6) is 5.75 Å². The molecule has 27 heavy (non-hydrogen) atoms. The second-order valence-corrected chi connectivity index (χ2v) is 6.33. The van der Waals surface area contributed by atoms with E-state index in [1.54, 1.807) is 13.2 Å². The predicted octanol–water partition coefficient (Wildman–Crippen LogP) is 4.52. The Labute approximate surface area is 157 Å². The first kappa shape index (κ1) is 18.4. The molecule has 0 fully saturated rings. The van der Waals surface area contributed by atoms with Gasteiger partial charge >= 0.3 is 0 Å². The van der Waals surface area contributed by atoms with E-state index in [4.69, 9.17) is 9.37 Å². The van der Waals surface area contributed by atoms with Gasteiger partial charge in [0, 0.05) is 11.6 Å². The van der Waals surface area contributed by atoms with Crippen LogP contribution in [0.1, 0.15) is 30.9 Å². The normalized spacial score (nSPS) is 11.1. The lowest BCUT2D eigenvalue weighted by atomic mass is 10.0. The number of carbonyl (C=O) groups excluding carboxylic acids is 1. The highest BCUT2D eigenvalue weighted by atomic mass is 16.6. The molecule has 0 atom stereocenters. The molecule has 0 aliphatic carbocycles. The number of aromatic nitrogens is 2. The summed E-state index contributed by atoms with van der Waals surface area (Å²) in [5, 5.41) is 10.4. The van der Waals surface area contributed by atoms with Crippen molar-refractivity contribution in [3.63, 3.8) is 0 Å². The molecule has 2 aromatic carbocycles. The van der Waals surface area contributed by atoms with Gasteiger partial charge in [0.1, 0.15) is 5.75 Å². The zero-order valence-electron chi connectivity index (χ0n) is 15.5. The van der Waals surface area contributed by atoms with Crippen molar-refractivity contribution in [2.75, 3.05) is 12.4 Å². The number of amides is 1. The monoisotopic (exact) mass is 363 g/mol. The van der Waals surface area contributed by atoms with E-state index in [0.717, 1.165) is 16.9 Å².